The van der Waals surface area contributed by atoms with Gasteiger partial charge in [0.1, 0.15) is 24.4 Å². The predicted octanol–water partition coefficient (Wildman–Crippen LogP) is -1.30. The molecule has 2 aliphatic heterocycles. The van der Waals surface area contributed by atoms with Gasteiger partial charge >= 0.3 is 0 Å². The summed E-state index contributed by atoms with van der Waals surface area (Å²) < 4.78 is 37.8. The molecule has 4 atom stereocenters. The average molecular weight is 483 g/mol. The van der Waals surface area contributed by atoms with E-state index in [4.69, 9.17) is 9.47 Å². The van der Waals surface area contributed by atoms with Crippen molar-refractivity contribution in [3.63, 3.8) is 0 Å². The second-order valence-electron chi connectivity index (χ2n) is 7.90. The Kier molecular flexibility index (Phi) is 9.19. The number of rotatable bonds is 9. The minimum absolute atomic E-state index is 0.238. The Morgan fingerprint density at radius 2 is 1.88 bits per heavy atom. The third-order valence-electron chi connectivity index (χ3n) is 5.55. The molecule has 1 aromatic rings. The fourth-order valence-electron chi connectivity index (χ4n) is 3.52. The first-order chi connectivity index (χ1) is 15.8. The first-order valence-electron chi connectivity index (χ1n) is 10.7. The molecule has 0 radical (unpaired) electrons. The molecule has 0 aromatic heterocycles. The monoisotopic (exact) mass is 482 g/mol. The summed E-state index contributed by atoms with van der Waals surface area (Å²) in [5, 5.41) is 41.8. The Labute approximate surface area is 193 Å². The summed E-state index contributed by atoms with van der Waals surface area (Å²) in [6.07, 6.45) is -3.97. The molecular weight excluding hydrogens is 452 g/mol. The molecule has 0 spiro atoms. The summed E-state index contributed by atoms with van der Waals surface area (Å²) >= 11 is 0. The Hall–Kier alpha value is -2.08. The molecular formula is C21H30N4O7S. The van der Waals surface area contributed by atoms with Crippen molar-refractivity contribution in [3.05, 3.63) is 34.7 Å². The van der Waals surface area contributed by atoms with Gasteiger partial charge in [-0.1, -0.05) is 12.1 Å². The number of benzene rings is 1. The number of aliphatic hydroxyl groups excluding tert-OH is 3. The van der Waals surface area contributed by atoms with Gasteiger partial charge in [-0.05, 0) is 23.8 Å². The van der Waals surface area contributed by atoms with E-state index in [-0.39, 0.29) is 13.2 Å². The lowest BCUT2D eigenvalue weighted by molar-refractivity contribution is -0.184. The number of morpholine rings is 1. The lowest BCUT2D eigenvalue weighted by Gasteiger charge is -2.35. The highest BCUT2D eigenvalue weighted by molar-refractivity contribution is 7.93. The minimum atomic E-state index is -4.18. The predicted molar refractivity (Wildman–Crippen MR) is 120 cm³/mol. The molecule has 0 saturated carbocycles. The van der Waals surface area contributed by atoms with E-state index in [2.05, 4.69) is 14.9 Å². The topological polar surface area (TPSA) is 164 Å². The zero-order valence-electron chi connectivity index (χ0n) is 18.1. The number of aliphatic hydroxyl groups is 3. The lowest BCUT2D eigenvalue weighted by Crippen LogP contribution is -2.56. The zero-order valence-corrected chi connectivity index (χ0v) is 18.9. The van der Waals surface area contributed by atoms with Crippen LogP contribution in [0.2, 0.25) is 0 Å². The summed E-state index contributed by atoms with van der Waals surface area (Å²) in [6.45, 7) is 4.38. The zero-order chi connectivity index (χ0) is 23.8. The third-order valence-corrected chi connectivity index (χ3v) is 6.88. The van der Waals surface area contributed by atoms with E-state index in [1.54, 1.807) is 30.3 Å². The van der Waals surface area contributed by atoms with Gasteiger partial charge in [0, 0.05) is 38.4 Å². The van der Waals surface area contributed by atoms with Crippen molar-refractivity contribution in [3.8, 4) is 6.07 Å². The Bertz CT molecular complexity index is 942. The Morgan fingerprint density at radius 1 is 1.18 bits per heavy atom. The van der Waals surface area contributed by atoms with Crippen LogP contribution < -0.4 is 10.0 Å². The molecule has 2 saturated heterocycles. The number of allylic oxidation sites excluding steroid dienone is 1. The summed E-state index contributed by atoms with van der Waals surface area (Å²) in [7, 11) is -4.18. The van der Waals surface area contributed by atoms with Crippen LogP contribution in [-0.4, -0.2) is 106 Å². The molecule has 11 nitrogen and oxygen atoms in total. The van der Waals surface area contributed by atoms with Crippen molar-refractivity contribution in [2.45, 2.75) is 24.4 Å². The van der Waals surface area contributed by atoms with Gasteiger partial charge in [-0.25, -0.2) is 13.1 Å². The molecule has 0 aliphatic carbocycles. The molecule has 3 rings (SSSR count). The van der Waals surface area contributed by atoms with Crippen molar-refractivity contribution < 1.29 is 33.2 Å². The van der Waals surface area contributed by atoms with Crippen molar-refractivity contribution in [1.82, 2.24) is 9.62 Å². The summed E-state index contributed by atoms with van der Waals surface area (Å²) in [4.78, 5) is 1.81. The van der Waals surface area contributed by atoms with Gasteiger partial charge in [0.2, 0.25) is 0 Å². The Balaban J connectivity index is 1.54. The van der Waals surface area contributed by atoms with Gasteiger partial charge in [0.15, 0.2) is 4.91 Å². The number of nitriles is 1. The van der Waals surface area contributed by atoms with Crippen LogP contribution >= 0.6 is 0 Å². The highest BCUT2D eigenvalue weighted by Crippen LogP contribution is 2.17. The van der Waals surface area contributed by atoms with Crippen LogP contribution in [0.3, 0.4) is 0 Å². The van der Waals surface area contributed by atoms with E-state index in [9.17, 15) is 29.0 Å². The van der Waals surface area contributed by atoms with E-state index in [0.29, 0.717) is 5.56 Å². The smallest absolute Gasteiger partial charge is 0.250 e. The molecule has 33 heavy (non-hydrogen) atoms. The van der Waals surface area contributed by atoms with Crippen molar-refractivity contribution in [2.75, 3.05) is 57.9 Å². The number of hydrogen-bond acceptors (Lipinski definition) is 10. The van der Waals surface area contributed by atoms with E-state index in [1.807, 2.05) is 0 Å². The minimum Gasteiger partial charge on any atom is -0.388 e. The normalized spacial score (nSPS) is 27.2. The van der Waals surface area contributed by atoms with Crippen molar-refractivity contribution in [2.24, 2.45) is 0 Å². The second kappa shape index (κ2) is 11.9. The van der Waals surface area contributed by atoms with Crippen molar-refractivity contribution >= 4 is 21.8 Å². The van der Waals surface area contributed by atoms with Crippen LogP contribution in [0.25, 0.3) is 6.08 Å². The maximum atomic E-state index is 12.5. The van der Waals surface area contributed by atoms with Gasteiger partial charge in [-0.15, -0.1) is 0 Å². The maximum absolute atomic E-state index is 12.5. The van der Waals surface area contributed by atoms with E-state index in [1.165, 1.54) is 6.08 Å². The van der Waals surface area contributed by atoms with E-state index in [0.717, 1.165) is 45.1 Å². The van der Waals surface area contributed by atoms with Crippen LogP contribution in [0.5, 0.6) is 0 Å². The maximum Gasteiger partial charge on any atom is 0.250 e. The molecule has 182 valence electrons. The standard InChI is InChI=1S/C21H30N4O7S/c22-12-17(33(29,30)24-13-19-21(28)20(27)18(26)14-32-19)11-15-1-3-16(4-2-15)23-5-6-25-7-9-31-10-8-25/h1-4,11,18-21,23-24,26-28H,5-10,13-14H2/b17-11+/t18-,19+,20+,21+/m0/s1. The van der Waals surface area contributed by atoms with Gasteiger partial charge in [0.05, 0.1) is 25.9 Å². The van der Waals surface area contributed by atoms with Crippen LogP contribution in [0.15, 0.2) is 29.2 Å². The summed E-state index contributed by atoms with van der Waals surface area (Å²) in [5.74, 6) is 0. The molecule has 2 fully saturated rings. The third kappa shape index (κ3) is 7.20. The highest BCUT2D eigenvalue weighted by atomic mass is 32.2. The molecule has 5 N–H and O–H groups in total. The second-order valence-corrected chi connectivity index (χ2v) is 9.63. The number of sulfonamides is 1. The fourth-order valence-corrected chi connectivity index (χ4v) is 4.47. The van der Waals surface area contributed by atoms with Crippen LogP contribution in [-0.2, 0) is 19.5 Å². The molecule has 0 bridgehead atoms. The number of nitrogens with zero attached hydrogens (tertiary/aromatic N) is 2. The van der Waals surface area contributed by atoms with Gasteiger partial charge in [-0.2, -0.15) is 5.26 Å². The molecule has 0 amide bonds. The molecule has 1 aromatic carbocycles. The van der Waals surface area contributed by atoms with E-state index < -0.39 is 39.3 Å². The van der Waals surface area contributed by atoms with Crippen LogP contribution in [0, 0.1) is 11.3 Å². The average Bonchev–Trinajstić information content (AvgIpc) is 2.82. The van der Waals surface area contributed by atoms with Gasteiger partial charge < -0.3 is 30.1 Å². The first-order valence-corrected chi connectivity index (χ1v) is 12.2. The Morgan fingerprint density at radius 3 is 2.55 bits per heavy atom. The molecule has 2 aliphatic rings. The first kappa shape index (κ1) is 25.5. The van der Waals surface area contributed by atoms with Crippen LogP contribution in [0.4, 0.5) is 5.69 Å². The van der Waals surface area contributed by atoms with E-state index >= 15 is 0 Å². The molecule has 0 unspecified atom stereocenters. The van der Waals surface area contributed by atoms with Gasteiger partial charge in [-0.3, -0.25) is 4.90 Å². The summed E-state index contributed by atoms with van der Waals surface area (Å²) in [5.41, 5.74) is 1.41. The van der Waals surface area contributed by atoms with Crippen molar-refractivity contribution in [1.29, 1.82) is 5.26 Å². The molecule has 12 heteroatoms. The SMILES string of the molecule is N#C/C(=C\c1ccc(NCCN2CCOCC2)cc1)S(=O)(=O)NC[C@H]1OC[C@H](O)[C@@H](O)[C@@H]1O. The number of nitrogens with one attached hydrogen (secondary N) is 2. The van der Waals surface area contributed by atoms with Gasteiger partial charge in [0.25, 0.3) is 10.0 Å². The lowest BCUT2D eigenvalue weighted by atomic mass is 10.0. The fraction of sp³-hybridized carbons (Fsp3) is 0.571. The highest BCUT2D eigenvalue weighted by Gasteiger charge is 2.38. The number of hydrogen-bond donors (Lipinski definition) is 5. The number of ether oxygens (including phenoxy) is 2. The molecule has 2 heterocycles. The van der Waals surface area contributed by atoms with Crippen LogP contribution in [0.1, 0.15) is 5.56 Å². The number of anilines is 1. The quantitative estimate of drug-likeness (QED) is 0.267. The summed E-state index contributed by atoms with van der Waals surface area (Å²) in [6, 6.07) is 8.69. The largest absolute Gasteiger partial charge is 0.388 e.